The highest BCUT2D eigenvalue weighted by atomic mass is 16.5. The number of aryl methyl sites for hydroxylation is 2. The number of hydrogen-bond donors (Lipinski definition) is 0. The smallest absolute Gasteiger partial charge is 0.204 e. The van der Waals surface area contributed by atoms with Crippen LogP contribution in [-0.2, 0) is 0 Å². The van der Waals surface area contributed by atoms with E-state index in [0.717, 1.165) is 17.4 Å². The van der Waals surface area contributed by atoms with Crippen molar-refractivity contribution in [1.82, 2.24) is 0 Å². The average Bonchev–Trinajstić information content (AvgIpc) is 2.47. The van der Waals surface area contributed by atoms with Crippen molar-refractivity contribution >= 4 is 6.29 Å². The van der Waals surface area contributed by atoms with Gasteiger partial charge in [-0.2, -0.15) is 0 Å². The van der Waals surface area contributed by atoms with Gasteiger partial charge in [-0.15, -0.1) is 0 Å². The van der Waals surface area contributed by atoms with Gasteiger partial charge in [-0.25, -0.2) is 0 Å². The van der Waals surface area contributed by atoms with E-state index >= 15 is 0 Å². The highest BCUT2D eigenvalue weighted by molar-refractivity contribution is 5.78. The van der Waals surface area contributed by atoms with E-state index in [9.17, 15) is 4.79 Å². The van der Waals surface area contributed by atoms with Crippen molar-refractivity contribution in [3.05, 3.63) is 47.0 Å². The van der Waals surface area contributed by atoms with Crippen molar-refractivity contribution in [2.75, 3.05) is 7.11 Å². The summed E-state index contributed by atoms with van der Waals surface area (Å²) in [5, 5.41) is 0. The maximum absolute atomic E-state index is 11.2. The van der Waals surface area contributed by atoms with E-state index in [1.165, 1.54) is 7.11 Å². The lowest BCUT2D eigenvalue weighted by atomic mass is 10.1. The lowest BCUT2D eigenvalue weighted by molar-refractivity contribution is 0.112. The highest BCUT2D eigenvalue weighted by Gasteiger charge is 2.17. The summed E-state index contributed by atoms with van der Waals surface area (Å²) in [5.41, 5.74) is 2.67. The van der Waals surface area contributed by atoms with Gasteiger partial charge in [0.05, 0.1) is 13.2 Å². The van der Waals surface area contributed by atoms with Crippen LogP contribution in [0.3, 0.4) is 0 Å². The standard InChI is InChI=1S/C19H22O4/c1-12(2)22-19-17(21-5)9-15(11-20)10-18(19)23-16-7-13(3)6-14(4)8-16/h6-12H,1-5H3. The second-order valence-corrected chi connectivity index (χ2v) is 5.76. The SMILES string of the molecule is COc1cc(C=O)cc(Oc2cc(C)cc(C)c2)c1OC(C)C. The molecule has 0 atom stereocenters. The third-order valence-electron chi connectivity index (χ3n) is 3.18. The summed E-state index contributed by atoms with van der Waals surface area (Å²) >= 11 is 0. The van der Waals surface area contributed by atoms with Crippen LogP contribution in [0.5, 0.6) is 23.0 Å². The fraction of sp³-hybridized carbons (Fsp3) is 0.316. The molecular formula is C19H22O4. The normalized spacial score (nSPS) is 10.5. The number of carbonyl (C=O) groups excluding carboxylic acids is 1. The molecule has 0 aliphatic carbocycles. The van der Waals surface area contributed by atoms with Crippen molar-refractivity contribution in [3.8, 4) is 23.0 Å². The summed E-state index contributed by atoms with van der Waals surface area (Å²) in [6, 6.07) is 9.24. The van der Waals surface area contributed by atoms with Crippen LogP contribution < -0.4 is 14.2 Å². The first-order chi connectivity index (χ1) is 10.9. The Morgan fingerprint density at radius 1 is 0.957 bits per heavy atom. The Morgan fingerprint density at radius 3 is 2.09 bits per heavy atom. The van der Waals surface area contributed by atoms with Crippen molar-refractivity contribution in [2.24, 2.45) is 0 Å². The monoisotopic (exact) mass is 314 g/mol. The van der Waals surface area contributed by atoms with Crippen molar-refractivity contribution < 1.29 is 19.0 Å². The molecule has 2 rings (SSSR count). The molecule has 0 radical (unpaired) electrons. The van der Waals surface area contributed by atoms with Crippen LogP contribution in [0.1, 0.15) is 35.3 Å². The van der Waals surface area contributed by atoms with Crippen LogP contribution in [0, 0.1) is 13.8 Å². The van der Waals surface area contributed by atoms with E-state index in [-0.39, 0.29) is 6.10 Å². The molecule has 0 N–H and O–H groups in total. The van der Waals surface area contributed by atoms with E-state index in [4.69, 9.17) is 14.2 Å². The first kappa shape index (κ1) is 16.9. The zero-order chi connectivity index (χ0) is 17.0. The molecule has 0 amide bonds. The van der Waals surface area contributed by atoms with E-state index in [2.05, 4.69) is 6.07 Å². The van der Waals surface area contributed by atoms with Gasteiger partial charge in [0.15, 0.2) is 11.5 Å². The fourth-order valence-electron chi connectivity index (χ4n) is 2.36. The molecule has 2 aromatic rings. The van der Waals surface area contributed by atoms with Crippen LogP contribution in [-0.4, -0.2) is 19.5 Å². The second-order valence-electron chi connectivity index (χ2n) is 5.76. The third-order valence-corrected chi connectivity index (χ3v) is 3.18. The fourth-order valence-corrected chi connectivity index (χ4v) is 2.36. The van der Waals surface area contributed by atoms with Gasteiger partial charge in [0.2, 0.25) is 5.75 Å². The van der Waals surface area contributed by atoms with Crippen LogP contribution in [0.15, 0.2) is 30.3 Å². The minimum Gasteiger partial charge on any atom is -0.493 e. The first-order valence-corrected chi connectivity index (χ1v) is 7.53. The Morgan fingerprint density at radius 2 is 1.57 bits per heavy atom. The lowest BCUT2D eigenvalue weighted by Crippen LogP contribution is -2.08. The zero-order valence-corrected chi connectivity index (χ0v) is 14.2. The maximum Gasteiger partial charge on any atom is 0.204 e. The van der Waals surface area contributed by atoms with Gasteiger partial charge in [0.25, 0.3) is 0 Å². The molecule has 0 fully saturated rings. The number of benzene rings is 2. The van der Waals surface area contributed by atoms with Crippen LogP contribution >= 0.6 is 0 Å². The summed E-state index contributed by atoms with van der Waals surface area (Å²) < 4.78 is 17.2. The molecular weight excluding hydrogens is 292 g/mol. The number of hydrogen-bond acceptors (Lipinski definition) is 4. The Kier molecular flexibility index (Phi) is 5.27. The average molecular weight is 314 g/mol. The topological polar surface area (TPSA) is 44.8 Å². The molecule has 0 saturated heterocycles. The summed E-state index contributed by atoms with van der Waals surface area (Å²) in [6.45, 7) is 7.86. The van der Waals surface area contributed by atoms with E-state index < -0.39 is 0 Å². The molecule has 0 unspecified atom stereocenters. The molecule has 122 valence electrons. The van der Waals surface area contributed by atoms with Crippen LogP contribution in [0.25, 0.3) is 0 Å². The van der Waals surface area contributed by atoms with E-state index in [0.29, 0.717) is 28.6 Å². The first-order valence-electron chi connectivity index (χ1n) is 7.53. The van der Waals surface area contributed by atoms with Gasteiger partial charge in [0, 0.05) is 5.56 Å². The molecule has 0 spiro atoms. The predicted octanol–water partition coefficient (Wildman–Crippen LogP) is 4.70. The minimum absolute atomic E-state index is 0.0485. The van der Waals surface area contributed by atoms with Gasteiger partial charge in [-0.05, 0) is 63.1 Å². The van der Waals surface area contributed by atoms with Gasteiger partial charge in [0.1, 0.15) is 12.0 Å². The minimum atomic E-state index is -0.0485. The number of rotatable bonds is 6. The Balaban J connectivity index is 2.51. The number of ether oxygens (including phenoxy) is 3. The Hall–Kier alpha value is -2.49. The maximum atomic E-state index is 11.2. The van der Waals surface area contributed by atoms with Crippen molar-refractivity contribution in [3.63, 3.8) is 0 Å². The molecule has 0 aliphatic heterocycles. The number of aldehydes is 1. The van der Waals surface area contributed by atoms with Gasteiger partial charge < -0.3 is 14.2 Å². The summed E-state index contributed by atoms with van der Waals surface area (Å²) in [4.78, 5) is 11.2. The van der Waals surface area contributed by atoms with Crippen LogP contribution in [0.2, 0.25) is 0 Å². The van der Waals surface area contributed by atoms with Crippen molar-refractivity contribution in [1.29, 1.82) is 0 Å². The molecule has 0 bridgehead atoms. The largest absolute Gasteiger partial charge is 0.493 e. The zero-order valence-electron chi connectivity index (χ0n) is 14.2. The Bertz CT molecular complexity index is 685. The molecule has 0 heterocycles. The number of methoxy groups -OCH3 is 1. The van der Waals surface area contributed by atoms with Gasteiger partial charge >= 0.3 is 0 Å². The summed E-state index contributed by atoms with van der Waals surface area (Å²) in [7, 11) is 1.54. The molecule has 0 aliphatic rings. The van der Waals surface area contributed by atoms with E-state index in [1.54, 1.807) is 12.1 Å². The second kappa shape index (κ2) is 7.18. The molecule has 4 nitrogen and oxygen atoms in total. The molecule has 4 heteroatoms. The highest BCUT2D eigenvalue weighted by Crippen LogP contribution is 2.41. The third kappa shape index (κ3) is 4.25. The summed E-state index contributed by atoms with van der Waals surface area (Å²) in [5.74, 6) is 2.13. The quantitative estimate of drug-likeness (QED) is 0.725. The molecule has 0 aromatic heterocycles. The predicted molar refractivity (Wildman–Crippen MR) is 90.1 cm³/mol. The molecule has 2 aromatic carbocycles. The molecule has 0 saturated carbocycles. The van der Waals surface area contributed by atoms with Crippen molar-refractivity contribution in [2.45, 2.75) is 33.8 Å². The van der Waals surface area contributed by atoms with E-state index in [1.807, 2.05) is 39.8 Å². The molecule has 23 heavy (non-hydrogen) atoms. The Labute approximate surface area is 137 Å². The lowest BCUT2D eigenvalue weighted by Gasteiger charge is -2.18. The van der Waals surface area contributed by atoms with Gasteiger partial charge in [-0.3, -0.25) is 4.79 Å². The number of carbonyl (C=O) groups is 1. The van der Waals surface area contributed by atoms with Gasteiger partial charge in [-0.1, -0.05) is 6.07 Å². The summed E-state index contributed by atoms with van der Waals surface area (Å²) in [6.07, 6.45) is 0.711. The van der Waals surface area contributed by atoms with Crippen LogP contribution in [0.4, 0.5) is 0 Å².